The molecule has 0 spiro atoms. The molecule has 3 rings (SSSR count). The highest BCUT2D eigenvalue weighted by Crippen LogP contribution is 2.28. The maximum absolute atomic E-state index is 12.4. The van der Waals surface area contributed by atoms with Crippen molar-refractivity contribution in [3.63, 3.8) is 0 Å². The Kier molecular flexibility index (Phi) is 4.58. The molecule has 1 amide bonds. The molecule has 0 radical (unpaired) electrons. The van der Waals surface area contributed by atoms with Crippen LogP contribution in [-0.2, 0) is 24.1 Å². The average molecular weight is 329 g/mol. The third kappa shape index (κ3) is 3.67. The van der Waals surface area contributed by atoms with Crippen LogP contribution in [0.25, 0.3) is 0 Å². The van der Waals surface area contributed by atoms with Crippen LogP contribution in [0.2, 0.25) is 5.02 Å². The van der Waals surface area contributed by atoms with Crippen LogP contribution in [-0.4, -0.2) is 20.0 Å². The Labute approximate surface area is 142 Å². The first-order chi connectivity index (χ1) is 11.0. The molecule has 1 aliphatic rings. The van der Waals surface area contributed by atoms with Gasteiger partial charge in [0.25, 0.3) is 0 Å². The molecule has 0 heterocycles. The maximum Gasteiger partial charge on any atom is 0.228 e. The third-order valence-corrected chi connectivity index (χ3v) is 4.48. The summed E-state index contributed by atoms with van der Waals surface area (Å²) in [5, 5.41) is 3.60. The Balaban J connectivity index is 1.74. The minimum Gasteiger partial charge on any atom is -0.376 e. The van der Waals surface area contributed by atoms with Crippen molar-refractivity contribution >= 4 is 28.9 Å². The molecule has 0 aliphatic heterocycles. The summed E-state index contributed by atoms with van der Waals surface area (Å²) in [6, 6.07) is 11.9. The van der Waals surface area contributed by atoms with Gasteiger partial charge in [-0.2, -0.15) is 0 Å². The van der Waals surface area contributed by atoms with Gasteiger partial charge in [0, 0.05) is 19.1 Å². The Morgan fingerprint density at radius 2 is 1.91 bits per heavy atom. The molecule has 2 aromatic rings. The fraction of sp³-hybridized carbons (Fsp3) is 0.316. The normalized spacial score (nSPS) is 12.8. The van der Waals surface area contributed by atoms with E-state index in [9.17, 15) is 4.79 Å². The van der Waals surface area contributed by atoms with E-state index in [2.05, 4.69) is 23.5 Å². The second-order valence-corrected chi connectivity index (χ2v) is 6.67. The standard InChI is InChI=1S/C19H21ClN2O/c1-22(2)18-9-8-16(20)12-17(18)21-19(23)11-13-6-7-14-4-3-5-15(14)10-13/h6-10,12H,3-5,11H2,1-2H3,(H,21,23). The van der Waals surface area contributed by atoms with Crippen molar-refractivity contribution in [1.82, 2.24) is 0 Å². The van der Waals surface area contributed by atoms with Gasteiger partial charge >= 0.3 is 0 Å². The molecular weight excluding hydrogens is 308 g/mol. The molecule has 23 heavy (non-hydrogen) atoms. The molecule has 0 unspecified atom stereocenters. The van der Waals surface area contributed by atoms with Crippen molar-refractivity contribution in [2.75, 3.05) is 24.3 Å². The van der Waals surface area contributed by atoms with Gasteiger partial charge in [-0.25, -0.2) is 0 Å². The first-order valence-corrected chi connectivity index (χ1v) is 8.28. The van der Waals surface area contributed by atoms with Crippen LogP contribution in [0.1, 0.15) is 23.1 Å². The van der Waals surface area contributed by atoms with Crippen molar-refractivity contribution in [2.45, 2.75) is 25.7 Å². The molecule has 1 N–H and O–H groups in total. The van der Waals surface area contributed by atoms with Crippen LogP contribution in [0.4, 0.5) is 11.4 Å². The van der Waals surface area contributed by atoms with E-state index < -0.39 is 0 Å². The molecule has 3 nitrogen and oxygen atoms in total. The number of benzene rings is 2. The van der Waals surface area contributed by atoms with Crippen LogP contribution in [0.15, 0.2) is 36.4 Å². The van der Waals surface area contributed by atoms with Gasteiger partial charge in [0.15, 0.2) is 0 Å². The van der Waals surface area contributed by atoms with Crippen LogP contribution in [0.3, 0.4) is 0 Å². The van der Waals surface area contributed by atoms with Crippen LogP contribution < -0.4 is 10.2 Å². The van der Waals surface area contributed by atoms with E-state index in [4.69, 9.17) is 11.6 Å². The van der Waals surface area contributed by atoms with E-state index in [1.807, 2.05) is 31.1 Å². The van der Waals surface area contributed by atoms with Crippen molar-refractivity contribution in [1.29, 1.82) is 0 Å². The fourth-order valence-corrected chi connectivity index (χ4v) is 3.29. The molecule has 4 heteroatoms. The molecule has 0 aromatic heterocycles. The number of nitrogens with one attached hydrogen (secondary N) is 1. The SMILES string of the molecule is CN(C)c1ccc(Cl)cc1NC(=O)Cc1ccc2c(c1)CCC2. The summed E-state index contributed by atoms with van der Waals surface area (Å²) >= 11 is 6.06. The van der Waals surface area contributed by atoms with Gasteiger partial charge in [0.2, 0.25) is 5.91 Å². The maximum atomic E-state index is 12.4. The predicted molar refractivity (Wildman–Crippen MR) is 96.6 cm³/mol. The van der Waals surface area contributed by atoms with E-state index in [0.717, 1.165) is 29.8 Å². The van der Waals surface area contributed by atoms with Crippen molar-refractivity contribution in [2.24, 2.45) is 0 Å². The van der Waals surface area contributed by atoms with E-state index in [-0.39, 0.29) is 5.91 Å². The highest BCUT2D eigenvalue weighted by Gasteiger charge is 2.13. The summed E-state index contributed by atoms with van der Waals surface area (Å²) in [5.41, 5.74) is 5.58. The first kappa shape index (κ1) is 15.9. The molecular formula is C19H21ClN2O. The second-order valence-electron chi connectivity index (χ2n) is 6.24. The summed E-state index contributed by atoms with van der Waals surface area (Å²) in [6.07, 6.45) is 3.90. The highest BCUT2D eigenvalue weighted by molar-refractivity contribution is 6.31. The number of anilines is 2. The van der Waals surface area contributed by atoms with Crippen LogP contribution in [0, 0.1) is 0 Å². The first-order valence-electron chi connectivity index (χ1n) is 7.90. The summed E-state index contributed by atoms with van der Waals surface area (Å²) in [4.78, 5) is 14.4. The average Bonchev–Trinajstić information content (AvgIpc) is 2.94. The Hall–Kier alpha value is -2.00. The van der Waals surface area contributed by atoms with E-state index >= 15 is 0 Å². The summed E-state index contributed by atoms with van der Waals surface area (Å²) < 4.78 is 0. The monoisotopic (exact) mass is 328 g/mol. The zero-order chi connectivity index (χ0) is 16.4. The minimum absolute atomic E-state index is 0.0201. The number of carbonyl (C=O) groups is 1. The van der Waals surface area contributed by atoms with Crippen molar-refractivity contribution in [3.05, 3.63) is 58.1 Å². The molecule has 0 saturated carbocycles. The molecule has 0 bridgehead atoms. The Bertz CT molecular complexity index is 740. The van der Waals surface area contributed by atoms with Gasteiger partial charge in [0.1, 0.15) is 0 Å². The summed E-state index contributed by atoms with van der Waals surface area (Å²) in [7, 11) is 3.89. The second kappa shape index (κ2) is 6.63. The van der Waals surface area contributed by atoms with Gasteiger partial charge in [-0.1, -0.05) is 29.8 Å². The lowest BCUT2D eigenvalue weighted by Crippen LogP contribution is -2.18. The zero-order valence-corrected chi connectivity index (χ0v) is 14.3. The Morgan fingerprint density at radius 1 is 1.13 bits per heavy atom. The van der Waals surface area contributed by atoms with Gasteiger partial charge in [-0.15, -0.1) is 0 Å². The lowest BCUT2D eigenvalue weighted by atomic mass is 10.0. The lowest BCUT2D eigenvalue weighted by Gasteiger charge is -2.18. The minimum atomic E-state index is -0.0201. The van der Waals surface area contributed by atoms with Gasteiger partial charge in [-0.05, 0) is 54.2 Å². The molecule has 1 aliphatic carbocycles. The predicted octanol–water partition coefficient (Wildman–Crippen LogP) is 4.08. The molecule has 0 atom stereocenters. The molecule has 0 fully saturated rings. The molecule has 2 aromatic carbocycles. The van der Waals surface area contributed by atoms with Crippen LogP contribution in [0.5, 0.6) is 0 Å². The van der Waals surface area contributed by atoms with E-state index in [0.29, 0.717) is 11.4 Å². The number of fused-ring (bicyclic) bond motifs is 1. The smallest absolute Gasteiger partial charge is 0.228 e. The van der Waals surface area contributed by atoms with Gasteiger partial charge in [-0.3, -0.25) is 4.79 Å². The van der Waals surface area contributed by atoms with E-state index in [1.165, 1.54) is 17.5 Å². The van der Waals surface area contributed by atoms with Crippen molar-refractivity contribution in [3.8, 4) is 0 Å². The number of hydrogen-bond acceptors (Lipinski definition) is 2. The zero-order valence-electron chi connectivity index (χ0n) is 13.5. The highest BCUT2D eigenvalue weighted by atomic mass is 35.5. The number of hydrogen-bond donors (Lipinski definition) is 1. The van der Waals surface area contributed by atoms with Gasteiger partial charge in [0.05, 0.1) is 17.8 Å². The number of amides is 1. The Morgan fingerprint density at radius 3 is 2.70 bits per heavy atom. The number of nitrogens with zero attached hydrogens (tertiary/aromatic N) is 1. The quantitative estimate of drug-likeness (QED) is 0.917. The fourth-order valence-electron chi connectivity index (χ4n) is 3.11. The topological polar surface area (TPSA) is 32.3 Å². The summed E-state index contributed by atoms with van der Waals surface area (Å²) in [5.74, 6) is -0.0201. The number of halogens is 1. The number of carbonyl (C=O) groups excluding carboxylic acids is 1. The van der Waals surface area contributed by atoms with Crippen LogP contribution >= 0.6 is 11.6 Å². The third-order valence-electron chi connectivity index (χ3n) is 4.24. The summed E-state index contributed by atoms with van der Waals surface area (Å²) in [6.45, 7) is 0. The van der Waals surface area contributed by atoms with Gasteiger partial charge < -0.3 is 10.2 Å². The molecule has 120 valence electrons. The largest absolute Gasteiger partial charge is 0.376 e. The number of rotatable bonds is 4. The molecule has 0 saturated heterocycles. The lowest BCUT2D eigenvalue weighted by molar-refractivity contribution is -0.115. The van der Waals surface area contributed by atoms with E-state index in [1.54, 1.807) is 6.07 Å². The van der Waals surface area contributed by atoms with Crippen molar-refractivity contribution < 1.29 is 4.79 Å². The number of aryl methyl sites for hydroxylation is 2.